The Labute approximate surface area is 183 Å². The predicted octanol–water partition coefficient (Wildman–Crippen LogP) is 4.81. The molecule has 0 aromatic carbocycles. The number of ether oxygens (including phenoxy) is 1. The Balaban J connectivity index is 1.42. The van der Waals surface area contributed by atoms with E-state index in [1.165, 1.54) is 17.4 Å². The number of likely N-dealkylation sites (tertiary alicyclic amines) is 1. The minimum Gasteiger partial charge on any atom is -0.446 e. The highest BCUT2D eigenvalue weighted by molar-refractivity contribution is 7.16. The first-order valence-corrected chi connectivity index (χ1v) is 11.8. The first-order valence-electron chi connectivity index (χ1n) is 10.1. The number of thiophene rings is 2. The van der Waals surface area contributed by atoms with E-state index in [0.717, 1.165) is 35.4 Å². The fourth-order valence-electron chi connectivity index (χ4n) is 3.97. The lowest BCUT2D eigenvalue weighted by molar-refractivity contribution is -0.111. The Morgan fingerprint density at radius 2 is 2.27 bits per heavy atom. The van der Waals surface area contributed by atoms with Crippen LogP contribution in [0.25, 0.3) is 6.08 Å². The molecular formula is C22H23N3O3S2. The Hall–Kier alpha value is -2.63. The molecule has 2 atom stereocenters. The van der Waals surface area contributed by atoms with Crippen LogP contribution in [0.3, 0.4) is 0 Å². The SMILES string of the molecule is CC1CCCN1C(=O)OC1CCc2c(sc(NC(=O)C=Cc3ccsc3)c2C#N)C1. The lowest BCUT2D eigenvalue weighted by atomic mass is 9.94. The second kappa shape index (κ2) is 9.02. The van der Waals surface area contributed by atoms with Gasteiger partial charge in [-0.05, 0) is 66.6 Å². The van der Waals surface area contributed by atoms with Gasteiger partial charge in [0.25, 0.3) is 0 Å². The summed E-state index contributed by atoms with van der Waals surface area (Å²) in [6.45, 7) is 2.80. The number of carbonyl (C=O) groups excluding carboxylic acids is 2. The number of hydrogen-bond donors (Lipinski definition) is 1. The lowest BCUT2D eigenvalue weighted by Crippen LogP contribution is -2.37. The Kier molecular flexibility index (Phi) is 6.21. The number of amides is 2. The standard InChI is InChI=1S/C22H23N3O3S2/c1-14-3-2-9-25(14)22(27)28-16-5-6-17-18(12-23)21(30-19(17)11-16)24-20(26)7-4-15-8-10-29-13-15/h4,7-8,10,13-14,16H,2-3,5-6,9,11H2,1H3,(H,24,26). The Morgan fingerprint density at radius 3 is 2.97 bits per heavy atom. The molecule has 2 aliphatic rings. The van der Waals surface area contributed by atoms with Gasteiger partial charge in [-0.2, -0.15) is 16.6 Å². The van der Waals surface area contributed by atoms with Gasteiger partial charge in [0.2, 0.25) is 5.91 Å². The van der Waals surface area contributed by atoms with Crippen LogP contribution in [0.2, 0.25) is 0 Å². The minimum absolute atomic E-state index is 0.190. The smallest absolute Gasteiger partial charge is 0.410 e. The summed E-state index contributed by atoms with van der Waals surface area (Å²) in [5.41, 5.74) is 2.48. The number of nitrogens with zero attached hydrogens (tertiary/aromatic N) is 2. The van der Waals surface area contributed by atoms with Crippen molar-refractivity contribution in [3.63, 3.8) is 0 Å². The zero-order chi connectivity index (χ0) is 21.1. The molecule has 4 rings (SSSR count). The van der Waals surface area contributed by atoms with Gasteiger partial charge in [-0.15, -0.1) is 11.3 Å². The van der Waals surface area contributed by atoms with Crippen molar-refractivity contribution >= 4 is 45.8 Å². The number of carbonyl (C=O) groups is 2. The molecule has 2 amide bonds. The topological polar surface area (TPSA) is 82.4 Å². The van der Waals surface area contributed by atoms with Crippen molar-refractivity contribution in [3.8, 4) is 6.07 Å². The molecule has 1 saturated heterocycles. The molecule has 0 radical (unpaired) electrons. The van der Waals surface area contributed by atoms with Crippen molar-refractivity contribution < 1.29 is 14.3 Å². The number of nitrogens with one attached hydrogen (secondary N) is 1. The second-order valence-electron chi connectivity index (χ2n) is 7.63. The van der Waals surface area contributed by atoms with Crippen LogP contribution in [0.4, 0.5) is 9.80 Å². The van der Waals surface area contributed by atoms with Crippen LogP contribution in [0.5, 0.6) is 0 Å². The van der Waals surface area contributed by atoms with E-state index in [4.69, 9.17) is 4.74 Å². The van der Waals surface area contributed by atoms with Crippen LogP contribution in [0.15, 0.2) is 22.9 Å². The number of hydrogen-bond acceptors (Lipinski definition) is 6. The molecule has 30 heavy (non-hydrogen) atoms. The van der Waals surface area contributed by atoms with E-state index in [0.29, 0.717) is 29.8 Å². The van der Waals surface area contributed by atoms with Crippen molar-refractivity contribution in [1.29, 1.82) is 5.26 Å². The number of rotatable bonds is 4. The molecule has 156 valence electrons. The van der Waals surface area contributed by atoms with Crippen molar-refractivity contribution in [3.05, 3.63) is 44.5 Å². The molecule has 1 aliphatic carbocycles. The molecule has 2 aromatic rings. The average Bonchev–Trinajstić information content (AvgIpc) is 3.45. The van der Waals surface area contributed by atoms with Gasteiger partial charge in [0, 0.05) is 30.0 Å². The summed E-state index contributed by atoms with van der Waals surface area (Å²) < 4.78 is 5.76. The molecule has 1 N–H and O–H groups in total. The Morgan fingerprint density at radius 1 is 1.40 bits per heavy atom. The minimum atomic E-state index is -0.262. The first kappa shape index (κ1) is 20.6. The van der Waals surface area contributed by atoms with Gasteiger partial charge in [0.05, 0.1) is 5.56 Å². The van der Waals surface area contributed by atoms with Crippen LogP contribution in [-0.2, 0) is 22.4 Å². The molecule has 2 unspecified atom stereocenters. The van der Waals surface area contributed by atoms with E-state index < -0.39 is 0 Å². The third kappa shape index (κ3) is 4.42. The highest BCUT2D eigenvalue weighted by atomic mass is 32.1. The zero-order valence-corrected chi connectivity index (χ0v) is 18.4. The molecule has 1 aliphatic heterocycles. The van der Waals surface area contributed by atoms with Gasteiger partial charge in [-0.1, -0.05) is 0 Å². The van der Waals surface area contributed by atoms with Gasteiger partial charge >= 0.3 is 6.09 Å². The molecule has 0 spiro atoms. The molecule has 0 saturated carbocycles. The number of fused-ring (bicyclic) bond motifs is 1. The average molecular weight is 442 g/mol. The summed E-state index contributed by atoms with van der Waals surface area (Å²) in [6.07, 6.45) is 6.78. The van der Waals surface area contributed by atoms with Gasteiger partial charge in [-0.3, -0.25) is 4.79 Å². The lowest BCUT2D eigenvalue weighted by Gasteiger charge is -2.27. The summed E-state index contributed by atoms with van der Waals surface area (Å²) in [4.78, 5) is 27.6. The van der Waals surface area contributed by atoms with Crippen molar-refractivity contribution in [2.24, 2.45) is 0 Å². The van der Waals surface area contributed by atoms with Crippen LogP contribution in [-0.4, -0.2) is 35.6 Å². The second-order valence-corrected chi connectivity index (χ2v) is 9.52. The van der Waals surface area contributed by atoms with Gasteiger partial charge in [-0.25, -0.2) is 4.79 Å². The summed E-state index contributed by atoms with van der Waals surface area (Å²) >= 11 is 2.98. The van der Waals surface area contributed by atoms with E-state index in [1.54, 1.807) is 22.3 Å². The van der Waals surface area contributed by atoms with Crippen LogP contribution >= 0.6 is 22.7 Å². The van der Waals surface area contributed by atoms with E-state index in [-0.39, 0.29) is 24.1 Å². The first-order chi connectivity index (χ1) is 14.5. The van der Waals surface area contributed by atoms with E-state index in [9.17, 15) is 14.9 Å². The van der Waals surface area contributed by atoms with Gasteiger partial charge in [0.1, 0.15) is 17.2 Å². The van der Waals surface area contributed by atoms with E-state index >= 15 is 0 Å². The summed E-state index contributed by atoms with van der Waals surface area (Å²) in [6, 6.07) is 4.41. The molecule has 8 heteroatoms. The summed E-state index contributed by atoms with van der Waals surface area (Å²) in [7, 11) is 0. The normalized spacial score (nSPS) is 20.7. The third-order valence-electron chi connectivity index (χ3n) is 5.59. The van der Waals surface area contributed by atoms with Crippen LogP contribution in [0.1, 0.15) is 47.8 Å². The van der Waals surface area contributed by atoms with Gasteiger partial charge in [0.15, 0.2) is 0 Å². The van der Waals surface area contributed by atoms with Crippen molar-refractivity contribution in [2.75, 3.05) is 11.9 Å². The molecule has 6 nitrogen and oxygen atoms in total. The maximum Gasteiger partial charge on any atom is 0.410 e. The third-order valence-corrected chi connectivity index (χ3v) is 7.47. The van der Waals surface area contributed by atoms with Crippen LogP contribution < -0.4 is 5.32 Å². The summed E-state index contributed by atoms with van der Waals surface area (Å²) in [5, 5.41) is 17.0. The molecule has 0 bridgehead atoms. The zero-order valence-electron chi connectivity index (χ0n) is 16.7. The van der Waals surface area contributed by atoms with Crippen molar-refractivity contribution in [2.45, 2.75) is 51.2 Å². The van der Waals surface area contributed by atoms with E-state index in [2.05, 4.69) is 11.4 Å². The summed E-state index contributed by atoms with van der Waals surface area (Å²) in [5.74, 6) is -0.262. The molecule has 1 fully saturated rings. The number of anilines is 1. The fourth-order valence-corrected chi connectivity index (χ4v) is 5.87. The van der Waals surface area contributed by atoms with Crippen molar-refractivity contribution in [1.82, 2.24) is 4.90 Å². The maximum atomic E-state index is 12.5. The maximum absolute atomic E-state index is 12.5. The molecular weight excluding hydrogens is 418 g/mol. The largest absolute Gasteiger partial charge is 0.446 e. The monoisotopic (exact) mass is 441 g/mol. The quantitative estimate of drug-likeness (QED) is 0.690. The highest BCUT2D eigenvalue weighted by Crippen LogP contribution is 2.38. The predicted molar refractivity (Wildman–Crippen MR) is 119 cm³/mol. The number of nitriles is 1. The Bertz CT molecular complexity index is 1000. The van der Waals surface area contributed by atoms with E-state index in [1.807, 2.05) is 23.8 Å². The van der Waals surface area contributed by atoms with Gasteiger partial charge < -0.3 is 15.0 Å². The van der Waals surface area contributed by atoms with Crippen LogP contribution in [0, 0.1) is 11.3 Å². The molecule has 2 aromatic heterocycles. The fraction of sp³-hybridized carbons (Fsp3) is 0.409. The highest BCUT2D eigenvalue weighted by Gasteiger charge is 2.32. The molecule has 3 heterocycles.